The van der Waals surface area contributed by atoms with Crippen molar-refractivity contribution < 1.29 is 0 Å². The summed E-state index contributed by atoms with van der Waals surface area (Å²) in [6.45, 7) is 7.27. The first-order valence-electron chi connectivity index (χ1n) is 6.56. The van der Waals surface area contributed by atoms with Crippen LogP contribution in [0.2, 0.25) is 0 Å². The van der Waals surface area contributed by atoms with Gasteiger partial charge in [-0.25, -0.2) is 4.98 Å². The molecule has 3 heteroatoms. The topological polar surface area (TPSA) is 24.9 Å². The smallest absolute Gasteiger partial charge is 0.101 e. The Bertz CT molecular complexity index is 503. The van der Waals surface area contributed by atoms with Crippen molar-refractivity contribution in [3.8, 4) is 0 Å². The molecule has 0 unspecified atom stereocenters. The molecule has 1 aromatic heterocycles. The molecule has 1 aromatic carbocycles. The van der Waals surface area contributed by atoms with E-state index in [0.717, 1.165) is 11.6 Å². The van der Waals surface area contributed by atoms with Crippen LogP contribution in [0.4, 0.5) is 0 Å². The van der Waals surface area contributed by atoms with Crippen LogP contribution in [0.1, 0.15) is 25.0 Å². The van der Waals surface area contributed by atoms with Gasteiger partial charge in [0.15, 0.2) is 0 Å². The monoisotopic (exact) mass is 272 g/mol. The van der Waals surface area contributed by atoms with Crippen molar-refractivity contribution >= 4 is 11.8 Å². The molecular weight excluding hydrogens is 252 g/mol. The highest BCUT2D eigenvalue weighted by atomic mass is 32.2. The van der Waals surface area contributed by atoms with Crippen molar-refractivity contribution in [3.05, 3.63) is 53.7 Å². The normalized spacial score (nSPS) is 10.9. The van der Waals surface area contributed by atoms with Crippen molar-refractivity contribution in [1.82, 2.24) is 10.3 Å². The van der Waals surface area contributed by atoms with Gasteiger partial charge >= 0.3 is 0 Å². The molecule has 1 heterocycles. The van der Waals surface area contributed by atoms with Gasteiger partial charge in [-0.1, -0.05) is 49.4 Å². The summed E-state index contributed by atoms with van der Waals surface area (Å²) < 4.78 is 0. The van der Waals surface area contributed by atoms with Gasteiger partial charge in [0.2, 0.25) is 0 Å². The highest BCUT2D eigenvalue weighted by Gasteiger charge is 2.00. The van der Waals surface area contributed by atoms with Crippen molar-refractivity contribution in [2.24, 2.45) is 0 Å². The zero-order chi connectivity index (χ0) is 13.7. The van der Waals surface area contributed by atoms with Gasteiger partial charge in [-0.3, -0.25) is 0 Å². The van der Waals surface area contributed by atoms with E-state index >= 15 is 0 Å². The summed E-state index contributed by atoms with van der Waals surface area (Å²) >= 11 is 1.70. The average molecular weight is 272 g/mol. The van der Waals surface area contributed by atoms with Crippen LogP contribution in [-0.2, 0) is 6.54 Å². The van der Waals surface area contributed by atoms with E-state index in [4.69, 9.17) is 0 Å². The van der Waals surface area contributed by atoms with Crippen LogP contribution in [0, 0.1) is 6.92 Å². The zero-order valence-corrected chi connectivity index (χ0v) is 12.5. The van der Waals surface area contributed by atoms with Gasteiger partial charge in [0.25, 0.3) is 0 Å². The van der Waals surface area contributed by atoms with Crippen LogP contribution in [0.25, 0.3) is 0 Å². The molecule has 0 radical (unpaired) electrons. The van der Waals surface area contributed by atoms with Crippen LogP contribution in [0.15, 0.2) is 52.5 Å². The third kappa shape index (κ3) is 4.69. The lowest BCUT2D eigenvalue weighted by Crippen LogP contribution is -2.21. The summed E-state index contributed by atoms with van der Waals surface area (Å²) in [7, 11) is 0. The largest absolute Gasteiger partial charge is 0.310 e. The fourth-order valence-electron chi connectivity index (χ4n) is 1.62. The summed E-state index contributed by atoms with van der Waals surface area (Å²) in [5.74, 6) is 0. The Morgan fingerprint density at radius 1 is 1.11 bits per heavy atom. The van der Waals surface area contributed by atoms with Gasteiger partial charge in [0.1, 0.15) is 5.03 Å². The first-order valence-corrected chi connectivity index (χ1v) is 7.38. The standard InChI is InChI=1S/C16H20N2S/c1-12(2)17-10-14-6-9-16(18-11-14)19-15-7-4-13(3)5-8-15/h4-9,11-12,17H,10H2,1-3H3. The molecule has 0 aliphatic heterocycles. The molecule has 0 aliphatic rings. The second-order valence-corrected chi connectivity index (χ2v) is 6.05. The van der Waals surface area contributed by atoms with Crippen LogP contribution in [0.3, 0.4) is 0 Å². The van der Waals surface area contributed by atoms with Crippen LogP contribution in [0.5, 0.6) is 0 Å². The fraction of sp³-hybridized carbons (Fsp3) is 0.312. The number of hydrogen-bond donors (Lipinski definition) is 1. The minimum Gasteiger partial charge on any atom is -0.310 e. The summed E-state index contributed by atoms with van der Waals surface area (Å²) in [6, 6.07) is 13.3. The van der Waals surface area contributed by atoms with Crippen molar-refractivity contribution in [2.75, 3.05) is 0 Å². The lowest BCUT2D eigenvalue weighted by molar-refractivity contribution is 0.587. The minimum absolute atomic E-state index is 0.501. The lowest BCUT2D eigenvalue weighted by Gasteiger charge is -2.08. The number of rotatable bonds is 5. The maximum atomic E-state index is 4.50. The number of nitrogens with zero attached hydrogens (tertiary/aromatic N) is 1. The zero-order valence-electron chi connectivity index (χ0n) is 11.7. The molecular formula is C16H20N2S. The lowest BCUT2D eigenvalue weighted by atomic mass is 10.2. The van der Waals surface area contributed by atoms with Crippen molar-refractivity contribution in [1.29, 1.82) is 0 Å². The van der Waals surface area contributed by atoms with E-state index in [-0.39, 0.29) is 0 Å². The van der Waals surface area contributed by atoms with Crippen LogP contribution >= 0.6 is 11.8 Å². The summed E-state index contributed by atoms with van der Waals surface area (Å²) in [5, 5.41) is 4.43. The van der Waals surface area contributed by atoms with Crippen molar-refractivity contribution in [2.45, 2.75) is 43.3 Å². The Morgan fingerprint density at radius 2 is 1.84 bits per heavy atom. The third-order valence-electron chi connectivity index (χ3n) is 2.76. The highest BCUT2D eigenvalue weighted by molar-refractivity contribution is 7.99. The average Bonchev–Trinajstić information content (AvgIpc) is 2.40. The van der Waals surface area contributed by atoms with Gasteiger partial charge in [-0.15, -0.1) is 0 Å². The summed E-state index contributed by atoms with van der Waals surface area (Å²) in [4.78, 5) is 5.73. The predicted octanol–water partition coefficient (Wildman–Crippen LogP) is 4.04. The highest BCUT2D eigenvalue weighted by Crippen LogP contribution is 2.25. The summed E-state index contributed by atoms with van der Waals surface area (Å²) in [6.07, 6.45) is 1.95. The Labute approximate surface area is 119 Å². The van der Waals surface area contributed by atoms with Crippen LogP contribution in [-0.4, -0.2) is 11.0 Å². The molecule has 0 saturated carbocycles. The molecule has 2 aromatic rings. The second-order valence-electron chi connectivity index (χ2n) is 4.96. The second kappa shape index (κ2) is 6.73. The minimum atomic E-state index is 0.501. The first-order chi connectivity index (χ1) is 9.13. The maximum Gasteiger partial charge on any atom is 0.101 e. The number of nitrogens with one attached hydrogen (secondary N) is 1. The quantitative estimate of drug-likeness (QED) is 0.889. The molecule has 0 bridgehead atoms. The number of aromatic nitrogens is 1. The predicted molar refractivity (Wildman–Crippen MR) is 81.5 cm³/mol. The molecule has 0 amide bonds. The Morgan fingerprint density at radius 3 is 2.42 bits per heavy atom. The molecule has 2 nitrogen and oxygen atoms in total. The van der Waals surface area contributed by atoms with Gasteiger partial charge in [0, 0.05) is 23.7 Å². The third-order valence-corrected chi connectivity index (χ3v) is 3.71. The van der Waals surface area contributed by atoms with E-state index < -0.39 is 0 Å². The van der Waals surface area contributed by atoms with E-state index in [2.05, 4.69) is 67.5 Å². The molecule has 0 aliphatic carbocycles. The first kappa shape index (κ1) is 14.1. The number of pyridine rings is 1. The molecule has 19 heavy (non-hydrogen) atoms. The number of hydrogen-bond acceptors (Lipinski definition) is 3. The maximum absolute atomic E-state index is 4.50. The molecule has 0 atom stereocenters. The molecule has 0 fully saturated rings. The van der Waals surface area contributed by atoms with Gasteiger partial charge in [-0.2, -0.15) is 0 Å². The Balaban J connectivity index is 1.96. The molecule has 1 N–H and O–H groups in total. The van der Waals surface area contributed by atoms with E-state index in [0.29, 0.717) is 6.04 Å². The van der Waals surface area contributed by atoms with E-state index in [9.17, 15) is 0 Å². The van der Waals surface area contributed by atoms with E-state index in [1.807, 2.05) is 6.20 Å². The van der Waals surface area contributed by atoms with Gasteiger partial charge in [-0.05, 0) is 30.7 Å². The SMILES string of the molecule is Cc1ccc(Sc2ccc(CNC(C)C)cn2)cc1. The molecule has 100 valence electrons. The Kier molecular flexibility index (Phi) is 5.00. The summed E-state index contributed by atoms with van der Waals surface area (Å²) in [5.41, 5.74) is 2.51. The van der Waals surface area contributed by atoms with E-state index in [1.165, 1.54) is 16.0 Å². The molecule has 2 rings (SSSR count). The van der Waals surface area contributed by atoms with Crippen LogP contribution < -0.4 is 5.32 Å². The van der Waals surface area contributed by atoms with Gasteiger partial charge in [0.05, 0.1) is 0 Å². The van der Waals surface area contributed by atoms with Crippen molar-refractivity contribution in [3.63, 3.8) is 0 Å². The molecule has 0 saturated heterocycles. The molecule has 0 spiro atoms. The fourth-order valence-corrected chi connectivity index (χ4v) is 2.38. The Hall–Kier alpha value is -1.32. The van der Waals surface area contributed by atoms with Gasteiger partial charge < -0.3 is 5.32 Å². The number of aryl methyl sites for hydroxylation is 1. The van der Waals surface area contributed by atoms with E-state index in [1.54, 1.807) is 11.8 Å². The number of benzene rings is 1.